The highest BCUT2D eigenvalue weighted by atomic mass is 32.1. The molecule has 0 N–H and O–H groups in total. The molecule has 6 heteroatoms. The molecule has 2 aromatic heterocycles. The highest BCUT2D eigenvalue weighted by Gasteiger charge is 2.23. The second-order valence-electron chi connectivity index (χ2n) is 4.93. The standard InChI is InChI=1S/C14H13N3O2S/c1-8-15-11-6-9(2-3-12(11)20-8)14-16-13(17-19-14)10-4-5-18-7-10/h2-3,6,10H,4-5,7H2,1H3/t10-/m0/s1. The monoisotopic (exact) mass is 287 g/mol. The van der Waals surface area contributed by atoms with Crippen molar-refractivity contribution in [1.29, 1.82) is 0 Å². The normalized spacial score (nSPS) is 18.9. The number of fused-ring (bicyclic) bond motifs is 1. The van der Waals surface area contributed by atoms with E-state index in [0.29, 0.717) is 12.5 Å². The van der Waals surface area contributed by atoms with Crippen molar-refractivity contribution in [3.8, 4) is 11.5 Å². The van der Waals surface area contributed by atoms with Gasteiger partial charge in [0.05, 0.1) is 21.8 Å². The molecule has 1 aliphatic heterocycles. The molecule has 102 valence electrons. The van der Waals surface area contributed by atoms with E-state index in [2.05, 4.69) is 21.2 Å². The van der Waals surface area contributed by atoms with Gasteiger partial charge in [-0.2, -0.15) is 4.98 Å². The molecular weight excluding hydrogens is 274 g/mol. The average molecular weight is 287 g/mol. The summed E-state index contributed by atoms with van der Waals surface area (Å²) >= 11 is 1.69. The molecule has 5 nitrogen and oxygen atoms in total. The molecule has 1 atom stereocenters. The summed E-state index contributed by atoms with van der Waals surface area (Å²) < 4.78 is 11.9. The topological polar surface area (TPSA) is 61.0 Å². The minimum Gasteiger partial charge on any atom is -0.381 e. The van der Waals surface area contributed by atoms with Gasteiger partial charge >= 0.3 is 0 Å². The zero-order valence-electron chi connectivity index (χ0n) is 11.0. The lowest BCUT2D eigenvalue weighted by atomic mass is 10.1. The maximum atomic E-state index is 5.38. The highest BCUT2D eigenvalue weighted by Crippen LogP contribution is 2.29. The maximum absolute atomic E-state index is 5.38. The van der Waals surface area contributed by atoms with Crippen LogP contribution in [0.4, 0.5) is 0 Å². The van der Waals surface area contributed by atoms with E-state index >= 15 is 0 Å². The summed E-state index contributed by atoms with van der Waals surface area (Å²) in [5, 5.41) is 5.14. The molecule has 1 saturated heterocycles. The number of nitrogens with zero attached hydrogens (tertiary/aromatic N) is 3. The summed E-state index contributed by atoms with van der Waals surface area (Å²) in [5.74, 6) is 1.56. The number of hydrogen-bond acceptors (Lipinski definition) is 6. The number of ether oxygens (including phenoxy) is 1. The Morgan fingerprint density at radius 3 is 3.10 bits per heavy atom. The molecule has 20 heavy (non-hydrogen) atoms. The molecule has 3 heterocycles. The molecule has 0 aliphatic carbocycles. The van der Waals surface area contributed by atoms with Crippen molar-refractivity contribution in [1.82, 2.24) is 15.1 Å². The van der Waals surface area contributed by atoms with Gasteiger partial charge in [0.15, 0.2) is 5.82 Å². The fourth-order valence-corrected chi connectivity index (χ4v) is 3.24. The summed E-state index contributed by atoms with van der Waals surface area (Å²) in [6, 6.07) is 6.06. The molecule has 0 unspecified atom stereocenters. The predicted molar refractivity (Wildman–Crippen MR) is 75.8 cm³/mol. The van der Waals surface area contributed by atoms with Gasteiger partial charge in [0.25, 0.3) is 5.89 Å². The predicted octanol–water partition coefficient (Wildman–Crippen LogP) is 3.16. The van der Waals surface area contributed by atoms with E-state index in [1.807, 2.05) is 19.1 Å². The van der Waals surface area contributed by atoms with Crippen LogP contribution in [0.3, 0.4) is 0 Å². The van der Waals surface area contributed by atoms with Crippen LogP contribution in [0.2, 0.25) is 0 Å². The van der Waals surface area contributed by atoms with E-state index in [4.69, 9.17) is 9.26 Å². The lowest BCUT2D eigenvalue weighted by Gasteiger charge is -1.97. The van der Waals surface area contributed by atoms with Gasteiger partial charge in [-0.05, 0) is 31.5 Å². The number of benzene rings is 1. The van der Waals surface area contributed by atoms with Crippen LogP contribution >= 0.6 is 11.3 Å². The van der Waals surface area contributed by atoms with Crippen molar-refractivity contribution in [2.24, 2.45) is 0 Å². The van der Waals surface area contributed by atoms with E-state index in [9.17, 15) is 0 Å². The molecule has 1 aliphatic rings. The van der Waals surface area contributed by atoms with Crippen molar-refractivity contribution in [2.45, 2.75) is 19.3 Å². The fraction of sp³-hybridized carbons (Fsp3) is 0.357. The third kappa shape index (κ3) is 2.01. The van der Waals surface area contributed by atoms with E-state index in [0.717, 1.165) is 34.9 Å². The quantitative estimate of drug-likeness (QED) is 0.724. The Bertz CT molecular complexity index is 759. The third-order valence-corrected chi connectivity index (χ3v) is 4.43. The number of hydrogen-bond donors (Lipinski definition) is 0. The maximum Gasteiger partial charge on any atom is 0.258 e. The van der Waals surface area contributed by atoms with Crippen LogP contribution in [0.25, 0.3) is 21.7 Å². The Morgan fingerprint density at radius 1 is 1.30 bits per heavy atom. The second kappa shape index (κ2) is 4.64. The van der Waals surface area contributed by atoms with Gasteiger partial charge in [0.1, 0.15) is 0 Å². The lowest BCUT2D eigenvalue weighted by molar-refractivity contribution is 0.192. The first-order chi connectivity index (χ1) is 9.79. The molecule has 0 amide bonds. The van der Waals surface area contributed by atoms with E-state index in [1.165, 1.54) is 4.70 Å². The van der Waals surface area contributed by atoms with Crippen LogP contribution in [-0.2, 0) is 4.74 Å². The van der Waals surface area contributed by atoms with Gasteiger partial charge < -0.3 is 9.26 Å². The smallest absolute Gasteiger partial charge is 0.258 e. The van der Waals surface area contributed by atoms with Gasteiger partial charge in [0.2, 0.25) is 0 Å². The largest absolute Gasteiger partial charge is 0.381 e. The summed E-state index contributed by atoms with van der Waals surface area (Å²) in [5.41, 5.74) is 1.90. The van der Waals surface area contributed by atoms with E-state index in [-0.39, 0.29) is 5.92 Å². The van der Waals surface area contributed by atoms with Gasteiger partial charge in [-0.1, -0.05) is 5.16 Å². The number of aryl methyl sites for hydroxylation is 1. The zero-order chi connectivity index (χ0) is 13.5. The van der Waals surface area contributed by atoms with Crippen molar-refractivity contribution in [3.05, 3.63) is 29.0 Å². The number of aromatic nitrogens is 3. The van der Waals surface area contributed by atoms with Crippen LogP contribution in [0.15, 0.2) is 22.7 Å². The Kier molecular flexibility index (Phi) is 2.78. The number of rotatable bonds is 2. The Labute approximate surface area is 119 Å². The summed E-state index contributed by atoms with van der Waals surface area (Å²) in [7, 11) is 0. The first-order valence-electron chi connectivity index (χ1n) is 6.58. The summed E-state index contributed by atoms with van der Waals surface area (Å²) in [6.45, 7) is 3.47. The minimum atomic E-state index is 0.262. The SMILES string of the molecule is Cc1nc2cc(-c3nc([C@H]4CCOC4)no3)ccc2s1. The minimum absolute atomic E-state index is 0.262. The van der Waals surface area contributed by atoms with Gasteiger partial charge in [-0.15, -0.1) is 11.3 Å². The molecule has 4 rings (SSSR count). The van der Waals surface area contributed by atoms with Crippen LogP contribution in [0.1, 0.15) is 23.2 Å². The van der Waals surface area contributed by atoms with Crippen molar-refractivity contribution >= 4 is 21.6 Å². The summed E-state index contributed by atoms with van der Waals surface area (Å²) in [4.78, 5) is 8.99. The van der Waals surface area contributed by atoms with Gasteiger partial charge in [-0.25, -0.2) is 4.98 Å². The molecule has 1 aromatic carbocycles. The number of thiazole rings is 1. The third-order valence-electron chi connectivity index (χ3n) is 3.48. The molecule has 1 fully saturated rings. The van der Waals surface area contributed by atoms with Gasteiger partial charge in [0, 0.05) is 18.1 Å². The van der Waals surface area contributed by atoms with Crippen LogP contribution in [0, 0.1) is 6.92 Å². The Hall–Kier alpha value is -1.79. The van der Waals surface area contributed by atoms with Crippen LogP contribution in [-0.4, -0.2) is 28.3 Å². The average Bonchev–Trinajstić information content (AvgIpc) is 3.17. The molecular formula is C14H13N3O2S. The van der Waals surface area contributed by atoms with E-state index in [1.54, 1.807) is 11.3 Å². The second-order valence-corrected chi connectivity index (χ2v) is 6.17. The first-order valence-corrected chi connectivity index (χ1v) is 7.40. The molecule has 0 radical (unpaired) electrons. The van der Waals surface area contributed by atoms with Crippen molar-refractivity contribution < 1.29 is 9.26 Å². The van der Waals surface area contributed by atoms with Crippen LogP contribution < -0.4 is 0 Å². The first kappa shape index (κ1) is 12.0. The fourth-order valence-electron chi connectivity index (χ4n) is 2.43. The Morgan fingerprint density at radius 2 is 2.25 bits per heavy atom. The molecule has 0 saturated carbocycles. The van der Waals surface area contributed by atoms with Gasteiger partial charge in [-0.3, -0.25) is 0 Å². The zero-order valence-corrected chi connectivity index (χ0v) is 11.8. The molecule has 0 bridgehead atoms. The lowest BCUT2D eigenvalue weighted by Crippen LogP contribution is -1.99. The molecule has 3 aromatic rings. The van der Waals surface area contributed by atoms with E-state index < -0.39 is 0 Å². The summed E-state index contributed by atoms with van der Waals surface area (Å²) in [6.07, 6.45) is 0.962. The van der Waals surface area contributed by atoms with Crippen LogP contribution in [0.5, 0.6) is 0 Å². The Balaban J connectivity index is 1.71. The van der Waals surface area contributed by atoms with Crippen molar-refractivity contribution in [2.75, 3.05) is 13.2 Å². The molecule has 0 spiro atoms. The highest BCUT2D eigenvalue weighted by molar-refractivity contribution is 7.18. The van der Waals surface area contributed by atoms with Crippen molar-refractivity contribution in [3.63, 3.8) is 0 Å².